The minimum Gasteiger partial charge on any atom is -0.389 e. The lowest BCUT2D eigenvalue weighted by Gasteiger charge is -2.32. The fraction of sp³-hybridized carbons (Fsp3) is 0.647. The molecule has 2 nitrogen and oxygen atoms in total. The van der Waals surface area contributed by atoms with Crippen LogP contribution >= 0.6 is 0 Å². The second kappa shape index (κ2) is 7.66. The minimum absolute atomic E-state index is 0.419. The second-order valence-electron chi connectivity index (χ2n) is 5.90. The highest BCUT2D eigenvalue weighted by atomic mass is 16.3. The van der Waals surface area contributed by atoms with Crippen LogP contribution in [0.4, 0.5) is 0 Å². The normalized spacial score (nSPS) is 18.4. The van der Waals surface area contributed by atoms with E-state index in [2.05, 4.69) is 35.6 Å². The van der Waals surface area contributed by atoms with Crippen LogP contribution in [0.3, 0.4) is 0 Å². The molecular weight excluding hydrogens is 234 g/mol. The molecule has 106 valence electrons. The molecule has 1 aliphatic rings. The SMILES string of the molecule is OC1(CNCCCCc2ccccc2)CCCCC1. The average molecular weight is 261 g/mol. The van der Waals surface area contributed by atoms with Gasteiger partial charge in [-0.15, -0.1) is 0 Å². The van der Waals surface area contributed by atoms with Crippen molar-refractivity contribution in [3.8, 4) is 0 Å². The van der Waals surface area contributed by atoms with Crippen LogP contribution < -0.4 is 5.32 Å². The zero-order valence-corrected chi connectivity index (χ0v) is 11.9. The van der Waals surface area contributed by atoms with E-state index in [-0.39, 0.29) is 0 Å². The Balaban J connectivity index is 1.52. The number of unbranched alkanes of at least 4 members (excludes halogenated alkanes) is 1. The molecule has 0 bridgehead atoms. The smallest absolute Gasteiger partial charge is 0.0771 e. The molecule has 0 spiro atoms. The summed E-state index contributed by atoms with van der Waals surface area (Å²) in [6, 6.07) is 10.7. The molecule has 1 fully saturated rings. The van der Waals surface area contributed by atoms with Gasteiger partial charge in [0.15, 0.2) is 0 Å². The summed E-state index contributed by atoms with van der Waals surface area (Å²) in [5, 5.41) is 13.8. The van der Waals surface area contributed by atoms with Crippen molar-refractivity contribution >= 4 is 0 Å². The van der Waals surface area contributed by atoms with E-state index in [0.717, 1.165) is 32.4 Å². The molecule has 2 heteroatoms. The van der Waals surface area contributed by atoms with Crippen LogP contribution in [0.25, 0.3) is 0 Å². The van der Waals surface area contributed by atoms with Gasteiger partial charge in [-0.25, -0.2) is 0 Å². The van der Waals surface area contributed by atoms with Gasteiger partial charge in [0.05, 0.1) is 5.60 Å². The van der Waals surface area contributed by atoms with Crippen LogP contribution in [0.5, 0.6) is 0 Å². The van der Waals surface area contributed by atoms with Gasteiger partial charge in [-0.2, -0.15) is 0 Å². The molecule has 0 radical (unpaired) electrons. The molecule has 1 aliphatic carbocycles. The predicted octanol–water partition coefficient (Wildman–Crippen LogP) is 3.29. The summed E-state index contributed by atoms with van der Waals surface area (Å²) >= 11 is 0. The van der Waals surface area contributed by atoms with Gasteiger partial charge in [-0.05, 0) is 44.2 Å². The Morgan fingerprint density at radius 2 is 1.74 bits per heavy atom. The first-order valence-corrected chi connectivity index (χ1v) is 7.76. The minimum atomic E-state index is -0.419. The van der Waals surface area contributed by atoms with Gasteiger partial charge in [0.2, 0.25) is 0 Å². The molecule has 1 saturated carbocycles. The van der Waals surface area contributed by atoms with Crippen LogP contribution in [0.2, 0.25) is 0 Å². The lowest BCUT2D eigenvalue weighted by atomic mass is 9.85. The monoisotopic (exact) mass is 261 g/mol. The maximum atomic E-state index is 10.3. The summed E-state index contributed by atoms with van der Waals surface area (Å²) in [7, 11) is 0. The lowest BCUT2D eigenvalue weighted by molar-refractivity contribution is 0.00504. The number of hydrogen-bond donors (Lipinski definition) is 2. The summed E-state index contributed by atoms with van der Waals surface area (Å²) in [4.78, 5) is 0. The molecule has 0 amide bonds. The number of hydrogen-bond acceptors (Lipinski definition) is 2. The molecule has 0 atom stereocenters. The molecule has 1 aromatic carbocycles. The van der Waals surface area contributed by atoms with Crippen molar-refractivity contribution in [3.63, 3.8) is 0 Å². The summed E-state index contributed by atoms with van der Waals surface area (Å²) in [5.41, 5.74) is 1.01. The van der Waals surface area contributed by atoms with Crippen LogP contribution in [0.15, 0.2) is 30.3 Å². The van der Waals surface area contributed by atoms with Crippen molar-refractivity contribution in [1.82, 2.24) is 5.32 Å². The van der Waals surface area contributed by atoms with E-state index < -0.39 is 5.60 Å². The van der Waals surface area contributed by atoms with Crippen molar-refractivity contribution < 1.29 is 5.11 Å². The van der Waals surface area contributed by atoms with Crippen molar-refractivity contribution in [2.75, 3.05) is 13.1 Å². The van der Waals surface area contributed by atoms with Crippen molar-refractivity contribution in [2.24, 2.45) is 0 Å². The molecular formula is C17H27NO. The van der Waals surface area contributed by atoms with Gasteiger partial charge in [-0.3, -0.25) is 0 Å². The second-order valence-corrected chi connectivity index (χ2v) is 5.90. The Kier molecular flexibility index (Phi) is 5.87. The third-order valence-corrected chi connectivity index (χ3v) is 4.15. The first kappa shape index (κ1) is 14.5. The number of nitrogens with one attached hydrogen (secondary N) is 1. The topological polar surface area (TPSA) is 32.3 Å². The fourth-order valence-electron chi connectivity index (χ4n) is 2.93. The van der Waals surface area contributed by atoms with Crippen LogP contribution in [0, 0.1) is 0 Å². The third-order valence-electron chi connectivity index (χ3n) is 4.15. The first-order chi connectivity index (χ1) is 9.29. The van der Waals surface area contributed by atoms with Crippen molar-refractivity contribution in [2.45, 2.75) is 57.0 Å². The maximum absolute atomic E-state index is 10.3. The summed E-state index contributed by atoms with van der Waals surface area (Å²) < 4.78 is 0. The molecule has 0 aromatic heterocycles. The van der Waals surface area contributed by atoms with Crippen LogP contribution in [-0.2, 0) is 6.42 Å². The third kappa shape index (κ3) is 5.33. The van der Waals surface area contributed by atoms with E-state index in [0.29, 0.717) is 0 Å². The first-order valence-electron chi connectivity index (χ1n) is 7.76. The highest BCUT2D eigenvalue weighted by molar-refractivity contribution is 5.14. The van der Waals surface area contributed by atoms with Crippen LogP contribution in [-0.4, -0.2) is 23.8 Å². The number of rotatable bonds is 7. The fourth-order valence-corrected chi connectivity index (χ4v) is 2.93. The maximum Gasteiger partial charge on any atom is 0.0771 e. The lowest BCUT2D eigenvalue weighted by Crippen LogP contribution is -2.42. The van der Waals surface area contributed by atoms with E-state index >= 15 is 0 Å². The Morgan fingerprint density at radius 1 is 1.00 bits per heavy atom. The highest BCUT2D eigenvalue weighted by Gasteiger charge is 2.28. The molecule has 0 aliphatic heterocycles. The number of benzene rings is 1. The van der Waals surface area contributed by atoms with Gasteiger partial charge in [0, 0.05) is 6.54 Å². The van der Waals surface area contributed by atoms with E-state index in [1.807, 2.05) is 0 Å². The summed E-state index contributed by atoms with van der Waals surface area (Å²) in [6.45, 7) is 1.80. The zero-order chi connectivity index (χ0) is 13.4. The summed E-state index contributed by atoms with van der Waals surface area (Å²) in [5.74, 6) is 0. The van der Waals surface area contributed by atoms with Gasteiger partial charge >= 0.3 is 0 Å². The van der Waals surface area contributed by atoms with Crippen LogP contribution in [0.1, 0.15) is 50.5 Å². The largest absolute Gasteiger partial charge is 0.389 e. The van der Waals surface area contributed by atoms with E-state index in [1.54, 1.807) is 0 Å². The highest BCUT2D eigenvalue weighted by Crippen LogP contribution is 2.27. The Labute approximate surface area is 117 Å². The standard InChI is InChI=1S/C17H27NO/c19-17(12-6-2-7-13-17)15-18-14-8-5-11-16-9-3-1-4-10-16/h1,3-4,9-10,18-19H,2,5-8,11-15H2. The zero-order valence-electron chi connectivity index (χ0n) is 11.9. The van der Waals surface area contributed by atoms with Gasteiger partial charge < -0.3 is 10.4 Å². The van der Waals surface area contributed by atoms with Gasteiger partial charge in [0.1, 0.15) is 0 Å². The van der Waals surface area contributed by atoms with E-state index in [1.165, 1.54) is 37.7 Å². The van der Waals surface area contributed by atoms with Crippen molar-refractivity contribution in [3.05, 3.63) is 35.9 Å². The molecule has 2 N–H and O–H groups in total. The molecule has 0 saturated heterocycles. The predicted molar refractivity (Wildman–Crippen MR) is 80.3 cm³/mol. The molecule has 19 heavy (non-hydrogen) atoms. The Bertz CT molecular complexity index is 344. The van der Waals surface area contributed by atoms with Gasteiger partial charge in [-0.1, -0.05) is 49.6 Å². The molecule has 0 unspecified atom stereocenters. The molecule has 0 heterocycles. The quantitative estimate of drug-likeness (QED) is 0.738. The van der Waals surface area contributed by atoms with Crippen molar-refractivity contribution in [1.29, 1.82) is 0 Å². The average Bonchev–Trinajstić information content (AvgIpc) is 2.44. The molecule has 1 aromatic rings. The summed E-state index contributed by atoms with van der Waals surface area (Å²) in [6.07, 6.45) is 9.18. The van der Waals surface area contributed by atoms with E-state index in [9.17, 15) is 5.11 Å². The Hall–Kier alpha value is -0.860. The number of aryl methyl sites for hydroxylation is 1. The Morgan fingerprint density at radius 3 is 2.47 bits per heavy atom. The molecule has 2 rings (SSSR count). The number of aliphatic hydroxyl groups is 1. The van der Waals surface area contributed by atoms with E-state index in [4.69, 9.17) is 0 Å². The van der Waals surface area contributed by atoms with Gasteiger partial charge in [0.25, 0.3) is 0 Å².